The van der Waals surface area contributed by atoms with Gasteiger partial charge < -0.3 is 34.7 Å². The third kappa shape index (κ3) is 5.45. The Morgan fingerprint density at radius 2 is 1.84 bits per heavy atom. The SMILES string of the molecule is COc1c(C)cc2c(c1O)[C@@H]1C3Cc4c(OC(C)=O)c(C)c5c(c4[C@H](CNC(=O)[C@H](C)NC(=O)C(F)(F)F)N3[C@@H](C#N)[C@@H](C2)N1C)OCO5. The highest BCUT2D eigenvalue weighted by Gasteiger charge is 2.57. The summed E-state index contributed by atoms with van der Waals surface area (Å²) in [6, 6.07) is -0.231. The van der Waals surface area contributed by atoms with Gasteiger partial charge in [-0.3, -0.25) is 24.2 Å². The molecule has 13 nitrogen and oxygen atoms in total. The Labute approximate surface area is 279 Å². The minimum absolute atomic E-state index is 0.0323. The molecular weight excluding hydrogens is 651 g/mol. The van der Waals surface area contributed by atoms with Gasteiger partial charge in [0.2, 0.25) is 12.7 Å². The zero-order valence-corrected chi connectivity index (χ0v) is 27.7. The van der Waals surface area contributed by atoms with Gasteiger partial charge in [0.15, 0.2) is 23.0 Å². The number of nitrogens with one attached hydrogen (secondary N) is 2. The molecule has 4 aliphatic rings. The van der Waals surface area contributed by atoms with Crippen LogP contribution in [0.1, 0.15) is 59.3 Å². The molecule has 2 aromatic rings. The van der Waals surface area contributed by atoms with Crippen molar-refractivity contribution in [2.45, 2.75) is 83.0 Å². The average molecular weight is 688 g/mol. The quantitative estimate of drug-likeness (QED) is 0.302. The van der Waals surface area contributed by atoms with Crippen LogP contribution in [0, 0.1) is 25.2 Å². The molecular formula is C33H36F3N5O8. The van der Waals surface area contributed by atoms with Crippen LogP contribution < -0.4 is 29.6 Å². The Hall–Kier alpha value is -4.75. The Bertz CT molecular complexity index is 1790. The maximum atomic E-state index is 13.2. The molecule has 6 rings (SSSR count). The zero-order valence-electron chi connectivity index (χ0n) is 27.7. The van der Waals surface area contributed by atoms with Gasteiger partial charge in [0.1, 0.15) is 17.8 Å². The second-order valence-corrected chi connectivity index (χ2v) is 12.8. The van der Waals surface area contributed by atoms with Crippen LogP contribution in [0.5, 0.6) is 28.7 Å². The molecule has 6 atom stereocenters. The van der Waals surface area contributed by atoms with Crippen LogP contribution in [-0.2, 0) is 27.2 Å². The van der Waals surface area contributed by atoms with Crippen molar-refractivity contribution in [3.63, 3.8) is 0 Å². The molecule has 2 aromatic carbocycles. The number of hydrogen-bond acceptors (Lipinski definition) is 11. The first-order chi connectivity index (χ1) is 23.1. The van der Waals surface area contributed by atoms with E-state index < -0.39 is 54.2 Å². The number of likely N-dealkylation sites (N-methyl/N-ethyl adjacent to an activating group) is 1. The number of fused-ring (bicyclic) bond motifs is 9. The van der Waals surface area contributed by atoms with Gasteiger partial charge in [0.25, 0.3) is 0 Å². The number of phenols is 1. The molecule has 1 unspecified atom stereocenters. The number of piperazine rings is 1. The van der Waals surface area contributed by atoms with Crippen molar-refractivity contribution in [1.29, 1.82) is 5.26 Å². The number of hydrogen-bond donors (Lipinski definition) is 3. The lowest BCUT2D eigenvalue weighted by Crippen LogP contribution is -2.69. The van der Waals surface area contributed by atoms with E-state index in [1.165, 1.54) is 14.0 Å². The van der Waals surface area contributed by atoms with Crippen molar-refractivity contribution in [3.05, 3.63) is 39.4 Å². The molecule has 4 aliphatic heterocycles. The molecule has 4 heterocycles. The van der Waals surface area contributed by atoms with E-state index in [0.29, 0.717) is 45.9 Å². The van der Waals surface area contributed by atoms with Crippen molar-refractivity contribution in [2.75, 3.05) is 27.5 Å². The molecule has 0 aromatic heterocycles. The van der Waals surface area contributed by atoms with Crippen LogP contribution in [-0.4, -0.2) is 90.5 Å². The first-order valence-corrected chi connectivity index (χ1v) is 15.7. The number of rotatable bonds is 6. The predicted octanol–water partition coefficient (Wildman–Crippen LogP) is 2.63. The number of alkyl halides is 3. The molecule has 49 heavy (non-hydrogen) atoms. The fourth-order valence-corrected chi connectivity index (χ4v) is 8.01. The van der Waals surface area contributed by atoms with E-state index >= 15 is 0 Å². The van der Waals surface area contributed by atoms with Crippen molar-refractivity contribution >= 4 is 17.8 Å². The number of esters is 1. The highest BCUT2D eigenvalue weighted by molar-refractivity contribution is 5.89. The van der Waals surface area contributed by atoms with Gasteiger partial charge in [-0.2, -0.15) is 18.4 Å². The number of phenolic OH excluding ortho intramolecular Hbond substituents is 1. The van der Waals surface area contributed by atoms with Crippen molar-refractivity contribution < 1.29 is 51.6 Å². The first-order valence-electron chi connectivity index (χ1n) is 15.7. The van der Waals surface area contributed by atoms with Crippen molar-refractivity contribution in [1.82, 2.24) is 20.4 Å². The number of aromatic hydroxyl groups is 1. The summed E-state index contributed by atoms with van der Waals surface area (Å²) >= 11 is 0. The standard InChI is InChI=1S/C33H36F3N5O8/c1-13-7-17-8-19-21(10-37)41-20(25(40(19)5)23(17)26(43)27(13)46-6)9-18-24(30-29(47-12-48-30)14(2)28(18)49-16(4)42)22(41)11-38-31(44)15(3)39-32(45)33(34,35)36/h7,15,19-22,25,43H,8-9,11-12H2,1-6H3,(H,38,44)(H,39,45)/t15-,19+,20?,21-,22-,25-/m0/s1. The number of methoxy groups -OCH3 is 1. The normalized spacial score (nSPS) is 24.4. The number of amides is 2. The summed E-state index contributed by atoms with van der Waals surface area (Å²) in [7, 11) is 3.34. The van der Waals surface area contributed by atoms with Gasteiger partial charge in [-0.25, -0.2) is 0 Å². The van der Waals surface area contributed by atoms with E-state index in [0.717, 1.165) is 18.1 Å². The number of nitrogens with zero attached hydrogens (tertiary/aromatic N) is 3. The molecule has 2 bridgehead atoms. The highest BCUT2D eigenvalue weighted by Crippen LogP contribution is 2.58. The second-order valence-electron chi connectivity index (χ2n) is 12.8. The zero-order chi connectivity index (χ0) is 35.7. The molecule has 2 amide bonds. The van der Waals surface area contributed by atoms with Crippen molar-refractivity contribution in [3.8, 4) is 34.8 Å². The lowest BCUT2D eigenvalue weighted by Gasteiger charge is -2.60. The molecule has 262 valence electrons. The Balaban J connectivity index is 1.52. The first kappa shape index (κ1) is 34.1. The van der Waals surface area contributed by atoms with E-state index in [1.807, 2.05) is 29.8 Å². The largest absolute Gasteiger partial charge is 0.504 e. The Morgan fingerprint density at radius 3 is 2.47 bits per heavy atom. The van der Waals surface area contributed by atoms with Crippen LogP contribution in [0.3, 0.4) is 0 Å². The summed E-state index contributed by atoms with van der Waals surface area (Å²) in [4.78, 5) is 41.2. The van der Waals surface area contributed by atoms with Gasteiger partial charge in [0.05, 0.1) is 25.3 Å². The van der Waals surface area contributed by atoms with E-state index in [9.17, 15) is 37.9 Å². The van der Waals surface area contributed by atoms with E-state index in [1.54, 1.807) is 12.2 Å². The van der Waals surface area contributed by atoms with Crippen LogP contribution in [0.25, 0.3) is 0 Å². The summed E-state index contributed by atoms with van der Waals surface area (Å²) in [6.07, 6.45) is -4.57. The molecule has 3 N–H and O–H groups in total. The molecule has 1 saturated heterocycles. The van der Waals surface area contributed by atoms with E-state index in [2.05, 4.69) is 11.4 Å². The summed E-state index contributed by atoms with van der Waals surface area (Å²) in [5.74, 6) is -2.58. The minimum atomic E-state index is -5.19. The molecule has 0 radical (unpaired) electrons. The highest BCUT2D eigenvalue weighted by atomic mass is 19.4. The van der Waals surface area contributed by atoms with Crippen LogP contribution in [0.2, 0.25) is 0 Å². The number of carbonyl (C=O) groups is 3. The summed E-state index contributed by atoms with van der Waals surface area (Å²) in [5, 5.41) is 26.7. The maximum Gasteiger partial charge on any atom is 0.471 e. The van der Waals surface area contributed by atoms with Crippen molar-refractivity contribution in [2.24, 2.45) is 0 Å². The predicted molar refractivity (Wildman–Crippen MR) is 164 cm³/mol. The van der Waals surface area contributed by atoms with Gasteiger partial charge in [0, 0.05) is 47.8 Å². The van der Waals surface area contributed by atoms with E-state index in [4.69, 9.17) is 18.9 Å². The van der Waals surface area contributed by atoms with Gasteiger partial charge in [-0.05, 0) is 51.8 Å². The monoisotopic (exact) mass is 687 g/mol. The number of nitriles is 1. The molecule has 16 heteroatoms. The van der Waals surface area contributed by atoms with Crippen LogP contribution in [0.4, 0.5) is 13.2 Å². The molecule has 1 fully saturated rings. The lowest BCUT2D eigenvalue weighted by molar-refractivity contribution is -0.174. The third-order valence-electron chi connectivity index (χ3n) is 9.98. The fraction of sp³-hybridized carbons (Fsp3) is 0.515. The minimum Gasteiger partial charge on any atom is -0.504 e. The van der Waals surface area contributed by atoms with Crippen LogP contribution in [0.15, 0.2) is 6.07 Å². The lowest BCUT2D eigenvalue weighted by atomic mass is 9.71. The van der Waals surface area contributed by atoms with E-state index in [-0.39, 0.29) is 37.3 Å². The fourth-order valence-electron chi connectivity index (χ4n) is 8.01. The number of halogens is 3. The maximum absolute atomic E-state index is 13.2. The number of benzene rings is 2. The third-order valence-corrected chi connectivity index (χ3v) is 9.98. The molecule has 0 aliphatic carbocycles. The summed E-state index contributed by atoms with van der Waals surface area (Å²) in [5.41, 5.74) is 3.76. The van der Waals surface area contributed by atoms with Gasteiger partial charge in [-0.15, -0.1) is 0 Å². The second kappa shape index (κ2) is 12.3. The molecule has 0 spiro atoms. The molecule has 0 saturated carbocycles. The summed E-state index contributed by atoms with van der Waals surface area (Å²) in [6.45, 7) is 5.55. The number of ether oxygens (including phenoxy) is 4. The van der Waals surface area contributed by atoms with Gasteiger partial charge in [-0.1, -0.05) is 6.07 Å². The Morgan fingerprint density at radius 1 is 1.14 bits per heavy atom. The van der Waals surface area contributed by atoms with Gasteiger partial charge >= 0.3 is 18.1 Å². The summed E-state index contributed by atoms with van der Waals surface area (Å²) < 4.78 is 61.9. The topological polar surface area (TPSA) is 163 Å². The number of aryl methyl sites for hydroxylation is 1. The number of carbonyl (C=O) groups excluding carboxylic acids is 3. The van der Waals surface area contributed by atoms with Crippen LogP contribution >= 0.6 is 0 Å². The average Bonchev–Trinajstić information content (AvgIpc) is 3.52. The Kier molecular flexibility index (Phi) is 8.56. The smallest absolute Gasteiger partial charge is 0.471 e.